The number of carbonyl (C=O) groups excluding carboxylic acids is 2. The van der Waals surface area contributed by atoms with Gasteiger partial charge >= 0.3 is 5.97 Å². The van der Waals surface area contributed by atoms with Gasteiger partial charge in [-0.05, 0) is 71.8 Å². The second kappa shape index (κ2) is 19.3. The maximum absolute atomic E-state index is 15.2. The van der Waals surface area contributed by atoms with Crippen LogP contribution in [0.5, 0.6) is 5.75 Å². The van der Waals surface area contributed by atoms with Crippen LogP contribution >= 0.6 is 0 Å². The van der Waals surface area contributed by atoms with E-state index >= 15 is 4.79 Å². The maximum Gasteiger partial charge on any atom is 0.311 e. The van der Waals surface area contributed by atoms with Gasteiger partial charge in [-0.25, -0.2) is 0 Å². The van der Waals surface area contributed by atoms with Gasteiger partial charge in [-0.15, -0.1) is 0 Å². The van der Waals surface area contributed by atoms with Crippen LogP contribution in [0.3, 0.4) is 0 Å². The fourth-order valence-electron chi connectivity index (χ4n) is 7.23. The van der Waals surface area contributed by atoms with Crippen molar-refractivity contribution < 1.29 is 37.7 Å². The van der Waals surface area contributed by atoms with E-state index in [0.717, 1.165) is 27.2 Å². The normalized spacial score (nSPS) is 18.6. The van der Waals surface area contributed by atoms with Gasteiger partial charge in [0.15, 0.2) is 5.78 Å². The summed E-state index contributed by atoms with van der Waals surface area (Å²) in [6, 6.07) is 38.5. The minimum atomic E-state index is -3.17. The van der Waals surface area contributed by atoms with Crippen molar-refractivity contribution in [1.82, 2.24) is 0 Å². The summed E-state index contributed by atoms with van der Waals surface area (Å²) < 4.78 is 37.9. The summed E-state index contributed by atoms with van der Waals surface area (Å²) in [4.78, 5) is 28.1. The number of hydrogen-bond acceptors (Lipinski definition) is 8. The molecule has 1 heterocycles. The Bertz CT molecular complexity index is 1760. The molecule has 0 amide bonds. The summed E-state index contributed by atoms with van der Waals surface area (Å²) in [5, 5.41) is 1.82. The highest BCUT2D eigenvalue weighted by molar-refractivity contribution is 6.99. The molecule has 56 heavy (non-hydrogen) atoms. The molecule has 0 bridgehead atoms. The quantitative estimate of drug-likeness (QED) is 0.0569. The smallest absolute Gasteiger partial charge is 0.311 e. The summed E-state index contributed by atoms with van der Waals surface area (Å²) in [6.45, 7) is 15.3. The van der Waals surface area contributed by atoms with Crippen molar-refractivity contribution in [1.29, 1.82) is 0 Å². The molecule has 8 nitrogen and oxygen atoms in total. The molecule has 0 aliphatic carbocycles. The van der Waals surface area contributed by atoms with E-state index in [2.05, 4.69) is 52.0 Å². The van der Waals surface area contributed by atoms with Crippen molar-refractivity contribution in [3.63, 3.8) is 0 Å². The third-order valence-electron chi connectivity index (χ3n) is 10.5. The van der Waals surface area contributed by atoms with E-state index in [4.69, 9.17) is 28.1 Å². The molecule has 300 valence electrons. The predicted molar refractivity (Wildman–Crippen MR) is 223 cm³/mol. The Morgan fingerprint density at radius 3 is 1.86 bits per heavy atom. The summed E-state index contributed by atoms with van der Waals surface area (Å²) in [5.74, 6) is 0.0418. The van der Waals surface area contributed by atoms with E-state index in [9.17, 15) is 4.79 Å². The number of esters is 1. The first-order valence-electron chi connectivity index (χ1n) is 19.7. The Morgan fingerprint density at radius 1 is 0.768 bits per heavy atom. The van der Waals surface area contributed by atoms with Crippen molar-refractivity contribution in [3.8, 4) is 5.75 Å². The molecule has 0 saturated carbocycles. The van der Waals surface area contributed by atoms with E-state index in [1.54, 1.807) is 7.11 Å². The molecule has 5 atom stereocenters. The highest BCUT2D eigenvalue weighted by Crippen LogP contribution is 2.40. The first kappa shape index (κ1) is 43.0. The third kappa shape index (κ3) is 10.8. The fourth-order valence-corrected chi connectivity index (χ4v) is 12.0. The zero-order valence-corrected chi connectivity index (χ0v) is 35.4. The van der Waals surface area contributed by atoms with Gasteiger partial charge < -0.3 is 28.1 Å². The molecule has 0 N–H and O–H groups in total. The van der Waals surface area contributed by atoms with Gasteiger partial charge in [-0.2, -0.15) is 0 Å². The van der Waals surface area contributed by atoms with E-state index in [-0.39, 0.29) is 29.3 Å². The average Bonchev–Trinajstić information content (AvgIpc) is 3.61. The van der Waals surface area contributed by atoms with Crippen molar-refractivity contribution in [2.45, 2.75) is 104 Å². The van der Waals surface area contributed by atoms with Gasteiger partial charge in [0.2, 0.25) is 0 Å². The lowest BCUT2D eigenvalue weighted by atomic mass is 9.94. The molecule has 0 aromatic heterocycles. The van der Waals surface area contributed by atoms with E-state index in [1.807, 2.05) is 112 Å². The molecule has 5 rings (SSSR count). The van der Waals surface area contributed by atoms with Gasteiger partial charge in [0.05, 0.1) is 31.8 Å². The first-order valence-corrected chi connectivity index (χ1v) is 21.6. The number of methoxy groups -OCH3 is 1. The van der Waals surface area contributed by atoms with Crippen molar-refractivity contribution in [2.24, 2.45) is 11.3 Å². The lowest BCUT2D eigenvalue weighted by molar-refractivity contribution is -0.160. The number of ketones is 1. The van der Waals surface area contributed by atoms with Crippen molar-refractivity contribution >= 4 is 30.4 Å². The zero-order chi connectivity index (χ0) is 40.3. The number of ether oxygens (including phenoxy) is 5. The number of Topliss-reactive ketones (excluding diaryl/α,β-unsaturated/α-hetero) is 1. The summed E-state index contributed by atoms with van der Waals surface area (Å²) in [6.07, 6.45) is -1.93. The first-order chi connectivity index (χ1) is 26.7. The van der Waals surface area contributed by atoms with Gasteiger partial charge in [0.1, 0.15) is 30.7 Å². The lowest BCUT2D eigenvalue weighted by Gasteiger charge is -2.46. The van der Waals surface area contributed by atoms with Gasteiger partial charge in [-0.1, -0.05) is 131 Å². The lowest BCUT2D eigenvalue weighted by Crippen LogP contribution is -2.69. The maximum atomic E-state index is 15.2. The van der Waals surface area contributed by atoms with Crippen LogP contribution in [0.15, 0.2) is 115 Å². The largest absolute Gasteiger partial charge is 0.497 e. The Kier molecular flexibility index (Phi) is 14.9. The van der Waals surface area contributed by atoms with Crippen molar-refractivity contribution in [2.75, 3.05) is 20.3 Å². The van der Waals surface area contributed by atoms with Gasteiger partial charge in [0, 0.05) is 13.0 Å². The van der Waals surface area contributed by atoms with Crippen LogP contribution in [-0.4, -0.2) is 64.8 Å². The average molecular weight is 781 g/mol. The second-order valence-corrected chi connectivity index (χ2v) is 21.1. The van der Waals surface area contributed by atoms with Gasteiger partial charge in [-0.3, -0.25) is 9.59 Å². The van der Waals surface area contributed by atoms with E-state index in [0.29, 0.717) is 32.7 Å². The van der Waals surface area contributed by atoms with Crippen molar-refractivity contribution in [3.05, 3.63) is 126 Å². The van der Waals surface area contributed by atoms with Crippen LogP contribution in [-0.2, 0) is 46.2 Å². The molecule has 4 aromatic rings. The van der Waals surface area contributed by atoms with Crippen LogP contribution < -0.4 is 15.1 Å². The summed E-state index contributed by atoms with van der Waals surface area (Å²) >= 11 is 0. The minimum absolute atomic E-state index is 0.0315. The molecule has 1 saturated heterocycles. The SMILES string of the molecule is COc1ccc(CO[C@@H]2C[C@@H](C(=O)[C@H](O[Si](c3ccccc3)(c3ccccc3)C(C)(C)C)C(C)CCOCc3ccccc3)O[C@@H]2COC(=O)C(C)(C)C)cc1. The highest BCUT2D eigenvalue weighted by atomic mass is 28.4. The van der Waals surface area contributed by atoms with E-state index in [1.165, 1.54) is 0 Å². The highest BCUT2D eigenvalue weighted by Gasteiger charge is 2.54. The summed E-state index contributed by atoms with van der Waals surface area (Å²) in [5.41, 5.74) is 1.35. The second-order valence-electron chi connectivity index (χ2n) is 16.9. The molecule has 0 spiro atoms. The molecule has 1 aliphatic heterocycles. The molecule has 4 aromatic carbocycles. The molecule has 0 radical (unpaired) electrons. The molecule has 1 unspecified atom stereocenters. The Morgan fingerprint density at radius 2 is 1.32 bits per heavy atom. The topological polar surface area (TPSA) is 89.5 Å². The van der Waals surface area contributed by atoms with E-state index < -0.39 is 38.1 Å². The molecule has 9 heteroatoms. The number of carbonyl (C=O) groups is 2. The molecular weight excluding hydrogens is 721 g/mol. The van der Waals surface area contributed by atoms with Crippen LogP contribution in [0.2, 0.25) is 5.04 Å². The van der Waals surface area contributed by atoms with Crippen LogP contribution in [0.25, 0.3) is 0 Å². The van der Waals surface area contributed by atoms with Crippen LogP contribution in [0.4, 0.5) is 0 Å². The van der Waals surface area contributed by atoms with Crippen LogP contribution in [0, 0.1) is 11.3 Å². The number of hydrogen-bond donors (Lipinski definition) is 0. The standard InChI is InChI=1S/C47H60O8Si/c1-34(28-29-51-31-35-18-12-9-13-19-35)44(55-56(47(5,6)7,38-20-14-10-15-21-38)39-22-16-11-17-23-39)43(48)41-30-40(42(54-41)33-53-45(49)46(2,3)4)52-32-36-24-26-37(50-8)27-25-36/h9-27,34,40-42,44H,28-33H2,1-8H3/t34?,40-,41+,42-,44-/m1/s1. The summed E-state index contributed by atoms with van der Waals surface area (Å²) in [7, 11) is -1.54. The molecule has 1 aliphatic rings. The molecule has 1 fully saturated rings. The number of rotatable bonds is 18. The number of benzene rings is 4. The fraction of sp³-hybridized carbons (Fsp3) is 0.447. The monoisotopic (exact) mass is 780 g/mol. The Labute approximate surface area is 334 Å². The predicted octanol–water partition coefficient (Wildman–Crippen LogP) is 8.08. The Balaban J connectivity index is 1.47. The zero-order valence-electron chi connectivity index (χ0n) is 34.4. The third-order valence-corrected chi connectivity index (χ3v) is 15.5. The van der Waals surface area contributed by atoms with Gasteiger partial charge in [0.25, 0.3) is 8.32 Å². The van der Waals surface area contributed by atoms with Crippen LogP contribution in [0.1, 0.15) is 72.4 Å². The Hall–Kier alpha value is -4.12. The molecular formula is C47H60O8Si. The minimum Gasteiger partial charge on any atom is -0.497 e.